The minimum Gasteiger partial charge on any atom is -0.248 e. The molecule has 0 aliphatic rings. The molecule has 0 bridgehead atoms. The van der Waals surface area contributed by atoms with E-state index in [9.17, 15) is 4.39 Å². The van der Waals surface area contributed by atoms with E-state index >= 15 is 0 Å². The monoisotopic (exact) mass is 115 g/mol. The zero-order valence-corrected chi connectivity index (χ0v) is 3.85. The molecule has 0 heterocycles. The molecule has 0 rings (SSSR count). The van der Waals surface area contributed by atoms with Gasteiger partial charge in [0.15, 0.2) is 4.84 Å². The molecule has 0 saturated carbocycles. The summed E-state index contributed by atoms with van der Waals surface area (Å²) in [5.41, 5.74) is 0. The molecular weight excluding hydrogens is 114 g/mol. The maximum Gasteiger partial charge on any atom is 0.181 e. The standard InChI is InChI=1S/C2H2Cl2F/c3-2(4)1-5/h1H2. The number of halogens is 3. The van der Waals surface area contributed by atoms with E-state index in [1.165, 1.54) is 0 Å². The predicted molar refractivity (Wildman–Crippen MR) is 20.9 cm³/mol. The Hall–Kier alpha value is 0.510. The van der Waals surface area contributed by atoms with E-state index in [4.69, 9.17) is 23.2 Å². The molecule has 0 atom stereocenters. The second kappa shape index (κ2) is 2.73. The Labute approximate surface area is 39.9 Å². The summed E-state index contributed by atoms with van der Waals surface area (Å²) in [5, 5.41) is 0. The van der Waals surface area contributed by atoms with Crippen molar-refractivity contribution >= 4 is 23.2 Å². The van der Waals surface area contributed by atoms with Gasteiger partial charge in [0, 0.05) is 0 Å². The number of alkyl halides is 1. The summed E-state index contributed by atoms with van der Waals surface area (Å²) in [6, 6.07) is 0. The SMILES string of the molecule is FC[C](Cl)Cl. The molecule has 5 heavy (non-hydrogen) atoms. The molecule has 0 aromatic rings. The average Bonchev–Trinajstić information content (AvgIpc) is 1.38. The molecule has 0 fully saturated rings. The van der Waals surface area contributed by atoms with Crippen LogP contribution in [0.1, 0.15) is 0 Å². The van der Waals surface area contributed by atoms with Crippen LogP contribution < -0.4 is 0 Å². The highest BCUT2D eigenvalue weighted by molar-refractivity contribution is 6.52. The van der Waals surface area contributed by atoms with Crippen LogP contribution >= 0.6 is 23.2 Å². The maximum atomic E-state index is 10.8. The fourth-order valence-electron chi connectivity index (χ4n) is 0. The second-order valence-electron chi connectivity index (χ2n) is 0.472. The Balaban J connectivity index is 2.54. The Morgan fingerprint density at radius 2 is 1.80 bits per heavy atom. The lowest BCUT2D eigenvalue weighted by Gasteiger charge is -1.79. The van der Waals surface area contributed by atoms with Crippen molar-refractivity contribution < 1.29 is 4.39 Å². The summed E-state index contributed by atoms with van der Waals surface area (Å²) < 4.78 is 10.8. The van der Waals surface area contributed by atoms with Crippen LogP contribution in [0.4, 0.5) is 4.39 Å². The van der Waals surface area contributed by atoms with Crippen molar-refractivity contribution in [2.24, 2.45) is 0 Å². The second-order valence-corrected chi connectivity index (χ2v) is 1.58. The highest BCUT2D eigenvalue weighted by Crippen LogP contribution is 2.10. The molecule has 0 unspecified atom stereocenters. The fourth-order valence-corrected chi connectivity index (χ4v) is 0. The van der Waals surface area contributed by atoms with Gasteiger partial charge in [0.1, 0.15) is 6.67 Å². The highest BCUT2D eigenvalue weighted by Gasteiger charge is 1.92. The molecule has 0 aromatic heterocycles. The number of hydrogen-bond donors (Lipinski definition) is 0. The third kappa shape index (κ3) is 4.51. The molecule has 3 heteroatoms. The van der Waals surface area contributed by atoms with Crippen LogP contribution in [0, 0.1) is 4.84 Å². The molecule has 31 valence electrons. The first-order valence-electron chi connectivity index (χ1n) is 0.999. The molecule has 0 aliphatic carbocycles. The van der Waals surface area contributed by atoms with Crippen LogP contribution in [0.5, 0.6) is 0 Å². The Morgan fingerprint density at radius 3 is 1.80 bits per heavy atom. The van der Waals surface area contributed by atoms with Crippen LogP contribution in [-0.4, -0.2) is 6.67 Å². The van der Waals surface area contributed by atoms with E-state index in [1.54, 1.807) is 0 Å². The van der Waals surface area contributed by atoms with E-state index in [0.717, 1.165) is 0 Å². The molecule has 0 nitrogen and oxygen atoms in total. The molecule has 0 saturated heterocycles. The zero-order valence-electron chi connectivity index (χ0n) is 2.34. The van der Waals surface area contributed by atoms with Crippen molar-refractivity contribution in [1.29, 1.82) is 0 Å². The van der Waals surface area contributed by atoms with Crippen molar-refractivity contribution in [2.75, 3.05) is 6.67 Å². The molecule has 0 amide bonds. The van der Waals surface area contributed by atoms with Gasteiger partial charge in [-0.25, -0.2) is 4.39 Å². The van der Waals surface area contributed by atoms with Crippen LogP contribution in [0.3, 0.4) is 0 Å². The number of hydrogen-bond acceptors (Lipinski definition) is 0. The Morgan fingerprint density at radius 1 is 1.60 bits per heavy atom. The van der Waals surface area contributed by atoms with Gasteiger partial charge in [0.05, 0.1) is 0 Å². The van der Waals surface area contributed by atoms with Gasteiger partial charge in [-0.15, -0.1) is 0 Å². The van der Waals surface area contributed by atoms with Crippen LogP contribution in [-0.2, 0) is 0 Å². The minimum absolute atomic E-state index is 0.218. The molecule has 0 aliphatic heterocycles. The summed E-state index contributed by atoms with van der Waals surface area (Å²) in [4.78, 5) is -0.218. The fraction of sp³-hybridized carbons (Fsp3) is 0.500. The third-order valence-electron chi connectivity index (χ3n) is 0.101. The summed E-state index contributed by atoms with van der Waals surface area (Å²) in [7, 11) is 0. The van der Waals surface area contributed by atoms with E-state index in [1.807, 2.05) is 0 Å². The van der Waals surface area contributed by atoms with E-state index in [-0.39, 0.29) is 4.84 Å². The van der Waals surface area contributed by atoms with Crippen molar-refractivity contribution in [3.63, 3.8) is 0 Å². The first-order chi connectivity index (χ1) is 2.27. The van der Waals surface area contributed by atoms with Crippen LogP contribution in [0.25, 0.3) is 0 Å². The summed E-state index contributed by atoms with van der Waals surface area (Å²) in [6.45, 7) is -0.747. The van der Waals surface area contributed by atoms with Gasteiger partial charge in [0.25, 0.3) is 0 Å². The summed E-state index contributed by atoms with van der Waals surface area (Å²) in [6.07, 6.45) is 0. The van der Waals surface area contributed by atoms with Crippen LogP contribution in [0.2, 0.25) is 0 Å². The van der Waals surface area contributed by atoms with Gasteiger partial charge < -0.3 is 0 Å². The van der Waals surface area contributed by atoms with Gasteiger partial charge >= 0.3 is 0 Å². The smallest absolute Gasteiger partial charge is 0.181 e. The Kier molecular flexibility index (Phi) is 3.01. The van der Waals surface area contributed by atoms with E-state index < -0.39 is 6.67 Å². The van der Waals surface area contributed by atoms with Crippen molar-refractivity contribution in [2.45, 2.75) is 0 Å². The molecular formula is C2H2Cl2F. The zero-order chi connectivity index (χ0) is 4.28. The van der Waals surface area contributed by atoms with Crippen molar-refractivity contribution in [1.82, 2.24) is 0 Å². The maximum absolute atomic E-state index is 10.8. The predicted octanol–water partition coefficient (Wildman–Crippen LogP) is 1.92. The molecule has 0 N–H and O–H groups in total. The van der Waals surface area contributed by atoms with E-state index in [0.29, 0.717) is 0 Å². The van der Waals surface area contributed by atoms with Gasteiger partial charge in [-0.1, -0.05) is 23.2 Å². The molecule has 0 spiro atoms. The third-order valence-corrected chi connectivity index (χ3v) is 0.303. The lowest BCUT2D eigenvalue weighted by Crippen LogP contribution is -1.71. The van der Waals surface area contributed by atoms with Crippen molar-refractivity contribution in [3.05, 3.63) is 4.84 Å². The minimum atomic E-state index is -0.747. The number of rotatable bonds is 1. The largest absolute Gasteiger partial charge is 0.248 e. The first kappa shape index (κ1) is 5.51. The summed E-state index contributed by atoms with van der Waals surface area (Å²) >= 11 is 9.54. The van der Waals surface area contributed by atoms with Gasteiger partial charge in [0.2, 0.25) is 0 Å². The lowest BCUT2D eigenvalue weighted by atomic mass is 10.9. The summed E-state index contributed by atoms with van der Waals surface area (Å²) in [5.74, 6) is 0. The van der Waals surface area contributed by atoms with Gasteiger partial charge in [-0.2, -0.15) is 0 Å². The average molecular weight is 116 g/mol. The molecule has 0 aromatic carbocycles. The first-order valence-corrected chi connectivity index (χ1v) is 1.75. The van der Waals surface area contributed by atoms with Crippen molar-refractivity contribution in [3.8, 4) is 0 Å². The van der Waals surface area contributed by atoms with E-state index in [2.05, 4.69) is 0 Å². The Bertz CT molecular complexity index is 21.6. The van der Waals surface area contributed by atoms with Gasteiger partial charge in [-0.3, -0.25) is 0 Å². The normalized spacial score (nSPS) is 9.60. The van der Waals surface area contributed by atoms with Crippen LogP contribution in [0.15, 0.2) is 0 Å². The molecule has 1 radical (unpaired) electrons. The lowest BCUT2D eigenvalue weighted by molar-refractivity contribution is 0.546. The quantitative estimate of drug-likeness (QED) is 0.490. The van der Waals surface area contributed by atoms with Gasteiger partial charge in [-0.05, 0) is 0 Å². The topological polar surface area (TPSA) is 0 Å². The highest BCUT2D eigenvalue weighted by atomic mass is 35.5.